The Balaban J connectivity index is 1.55. The molecule has 0 saturated heterocycles. The molecule has 0 aromatic carbocycles. The molecule has 2 bridgehead atoms. The van der Waals surface area contributed by atoms with Gasteiger partial charge in [-0.05, 0) is 81.8 Å². The summed E-state index contributed by atoms with van der Waals surface area (Å²) in [6.45, 7) is 3.08. The van der Waals surface area contributed by atoms with E-state index in [1.165, 1.54) is 30.6 Å². The summed E-state index contributed by atoms with van der Waals surface area (Å²) in [6, 6.07) is 4.97. The molecule has 2 aliphatic rings. The lowest BCUT2D eigenvalue weighted by atomic mass is 9.95. The summed E-state index contributed by atoms with van der Waals surface area (Å²) < 4.78 is 0. The third-order valence-electron chi connectivity index (χ3n) is 5.29. The minimum absolute atomic E-state index is 0.626. The van der Waals surface area contributed by atoms with Crippen LogP contribution in [0.25, 0.3) is 0 Å². The number of hydrogen-bond donors (Lipinski definition) is 1. The van der Waals surface area contributed by atoms with E-state index in [0.717, 1.165) is 43.0 Å². The molecule has 3 rings (SSSR count). The number of thiophene rings is 1. The van der Waals surface area contributed by atoms with Crippen LogP contribution in [-0.2, 0) is 6.54 Å². The summed E-state index contributed by atoms with van der Waals surface area (Å²) in [5.74, 6) is 1.82. The molecule has 2 fully saturated rings. The van der Waals surface area contributed by atoms with Gasteiger partial charge < -0.3 is 15.1 Å². The smallest absolute Gasteiger partial charge is 0.169 e. The Morgan fingerprint density at radius 1 is 1.30 bits per heavy atom. The van der Waals surface area contributed by atoms with E-state index in [9.17, 15) is 0 Å². The Morgan fingerprint density at radius 2 is 2.17 bits per heavy atom. The molecule has 0 aliphatic heterocycles. The molecule has 5 heteroatoms. The van der Waals surface area contributed by atoms with E-state index in [0.29, 0.717) is 6.04 Å². The second-order valence-electron chi connectivity index (χ2n) is 7.39. The average Bonchev–Trinajstić information content (AvgIpc) is 3.23. The summed E-state index contributed by atoms with van der Waals surface area (Å²) in [7, 11) is 4.27. The molecule has 0 amide bonds. The molecule has 0 unspecified atom stereocenters. The predicted molar refractivity (Wildman–Crippen MR) is 103 cm³/mol. The highest BCUT2D eigenvalue weighted by Gasteiger charge is 2.40. The van der Waals surface area contributed by atoms with Gasteiger partial charge in [0.1, 0.15) is 0 Å². The van der Waals surface area contributed by atoms with Crippen molar-refractivity contribution in [2.24, 2.45) is 11.8 Å². The lowest BCUT2D eigenvalue weighted by molar-refractivity contribution is 0.328. The zero-order valence-corrected chi connectivity index (χ0v) is 16.0. The summed E-state index contributed by atoms with van der Waals surface area (Å²) >= 11 is 7.61. The van der Waals surface area contributed by atoms with Crippen LogP contribution in [0.4, 0.5) is 0 Å². The van der Waals surface area contributed by atoms with Crippen molar-refractivity contribution < 1.29 is 0 Å². The molecule has 1 aromatic heterocycles. The first-order chi connectivity index (χ1) is 11.1. The van der Waals surface area contributed by atoms with Crippen LogP contribution in [0.3, 0.4) is 0 Å². The van der Waals surface area contributed by atoms with Gasteiger partial charge in [0.15, 0.2) is 5.11 Å². The van der Waals surface area contributed by atoms with Gasteiger partial charge in [-0.1, -0.05) is 12.5 Å². The Morgan fingerprint density at radius 3 is 2.78 bits per heavy atom. The van der Waals surface area contributed by atoms with Gasteiger partial charge >= 0.3 is 0 Å². The number of thiocarbonyl (C=S) groups is 1. The van der Waals surface area contributed by atoms with Crippen molar-refractivity contribution >= 4 is 28.7 Å². The molecule has 0 radical (unpaired) electrons. The third kappa shape index (κ3) is 4.68. The van der Waals surface area contributed by atoms with E-state index >= 15 is 0 Å². The van der Waals surface area contributed by atoms with Gasteiger partial charge in [0, 0.05) is 17.5 Å². The maximum atomic E-state index is 5.79. The van der Waals surface area contributed by atoms with E-state index in [1.54, 1.807) is 0 Å². The number of fused-ring (bicyclic) bond motifs is 2. The van der Waals surface area contributed by atoms with Crippen LogP contribution in [0, 0.1) is 11.8 Å². The van der Waals surface area contributed by atoms with Crippen LogP contribution in [0.5, 0.6) is 0 Å². The van der Waals surface area contributed by atoms with Crippen LogP contribution < -0.4 is 5.32 Å². The molecule has 3 nitrogen and oxygen atoms in total. The molecular weight excluding hydrogens is 322 g/mol. The van der Waals surface area contributed by atoms with Crippen LogP contribution >= 0.6 is 23.6 Å². The first kappa shape index (κ1) is 17.2. The van der Waals surface area contributed by atoms with Gasteiger partial charge in [-0.3, -0.25) is 0 Å². The molecule has 1 heterocycles. The number of rotatable bonds is 7. The van der Waals surface area contributed by atoms with Crippen molar-refractivity contribution in [3.63, 3.8) is 0 Å². The molecule has 128 valence electrons. The first-order valence-electron chi connectivity index (χ1n) is 8.84. The zero-order valence-electron chi connectivity index (χ0n) is 14.3. The lowest BCUT2D eigenvalue weighted by Gasteiger charge is -2.31. The normalized spacial score (nSPS) is 26.0. The fourth-order valence-corrected chi connectivity index (χ4v) is 5.12. The van der Waals surface area contributed by atoms with E-state index in [2.05, 4.69) is 46.7 Å². The minimum Gasteiger partial charge on any atom is -0.360 e. The van der Waals surface area contributed by atoms with Crippen molar-refractivity contribution in [3.8, 4) is 0 Å². The second kappa shape index (κ2) is 7.95. The Hall–Kier alpha value is -0.650. The number of nitrogens with one attached hydrogen (secondary N) is 1. The Bertz CT molecular complexity index is 500. The van der Waals surface area contributed by atoms with Crippen molar-refractivity contribution in [1.82, 2.24) is 15.1 Å². The zero-order chi connectivity index (χ0) is 16.2. The van der Waals surface area contributed by atoms with Crippen LogP contribution in [0.1, 0.15) is 37.0 Å². The number of nitrogens with zero attached hydrogens (tertiary/aromatic N) is 2. The van der Waals surface area contributed by atoms with E-state index in [4.69, 9.17) is 12.2 Å². The molecule has 0 spiro atoms. The largest absolute Gasteiger partial charge is 0.360 e. The minimum atomic E-state index is 0.626. The van der Waals surface area contributed by atoms with Crippen molar-refractivity contribution in [2.75, 3.05) is 27.2 Å². The van der Waals surface area contributed by atoms with Crippen LogP contribution in [0.2, 0.25) is 0 Å². The van der Waals surface area contributed by atoms with Gasteiger partial charge in [0.2, 0.25) is 0 Å². The monoisotopic (exact) mass is 351 g/mol. The van der Waals surface area contributed by atoms with Gasteiger partial charge in [-0.25, -0.2) is 0 Å². The maximum Gasteiger partial charge on any atom is 0.169 e. The summed E-state index contributed by atoms with van der Waals surface area (Å²) in [4.78, 5) is 6.01. The predicted octanol–water partition coefficient (Wildman–Crippen LogP) is 3.56. The van der Waals surface area contributed by atoms with Crippen molar-refractivity contribution in [3.05, 3.63) is 22.4 Å². The second-order valence-corrected chi connectivity index (χ2v) is 8.81. The van der Waals surface area contributed by atoms with Crippen LogP contribution in [-0.4, -0.2) is 48.1 Å². The van der Waals surface area contributed by atoms with Gasteiger partial charge in [-0.2, -0.15) is 0 Å². The highest BCUT2D eigenvalue weighted by molar-refractivity contribution is 7.80. The first-order valence-corrected chi connectivity index (χ1v) is 10.1. The summed E-state index contributed by atoms with van der Waals surface area (Å²) in [5, 5.41) is 6.83. The molecular formula is C18H29N3S2. The highest BCUT2D eigenvalue weighted by Crippen LogP contribution is 2.44. The molecule has 2 aliphatic carbocycles. The number of hydrogen-bond acceptors (Lipinski definition) is 3. The van der Waals surface area contributed by atoms with Crippen molar-refractivity contribution in [1.29, 1.82) is 0 Å². The summed E-state index contributed by atoms with van der Waals surface area (Å²) in [6.07, 6.45) is 6.74. The third-order valence-corrected chi connectivity index (χ3v) is 6.53. The molecule has 23 heavy (non-hydrogen) atoms. The molecule has 1 N–H and O–H groups in total. The average molecular weight is 352 g/mol. The van der Waals surface area contributed by atoms with Gasteiger partial charge in [0.25, 0.3) is 0 Å². The van der Waals surface area contributed by atoms with Gasteiger partial charge in [-0.15, -0.1) is 11.3 Å². The van der Waals surface area contributed by atoms with Crippen molar-refractivity contribution in [2.45, 2.75) is 44.7 Å². The Labute approximate surface area is 150 Å². The van der Waals surface area contributed by atoms with E-state index in [-0.39, 0.29) is 0 Å². The molecule has 2 saturated carbocycles. The van der Waals surface area contributed by atoms with Gasteiger partial charge in [0.05, 0.1) is 6.54 Å². The fraction of sp³-hybridized carbons (Fsp3) is 0.722. The van der Waals surface area contributed by atoms with E-state index in [1.807, 2.05) is 11.3 Å². The highest BCUT2D eigenvalue weighted by atomic mass is 32.1. The molecule has 1 aromatic rings. The topological polar surface area (TPSA) is 18.5 Å². The maximum absolute atomic E-state index is 5.79. The lowest BCUT2D eigenvalue weighted by Crippen LogP contribution is -2.46. The molecule has 3 atom stereocenters. The fourth-order valence-electron chi connectivity index (χ4n) is 4.09. The summed E-state index contributed by atoms with van der Waals surface area (Å²) in [5.41, 5.74) is 0. The van der Waals surface area contributed by atoms with E-state index < -0.39 is 0 Å². The quantitative estimate of drug-likeness (QED) is 0.757. The standard InChI is InChI=1S/C18H29N3S2/c1-20(2)8-4-9-21(13-16-5-3-10-23-16)18(22)19-17-12-14-6-7-15(17)11-14/h3,5,10,14-15,17H,4,6-9,11-13H2,1-2H3,(H,19,22)/t14-,15-,17-/m0/s1. The van der Waals surface area contributed by atoms with Crippen LogP contribution in [0.15, 0.2) is 17.5 Å². The SMILES string of the molecule is CN(C)CCCN(Cc1cccs1)C(=S)N[C@H]1C[C@H]2CC[C@H]1C2. The Kier molecular flexibility index (Phi) is 5.94.